The molecule has 4 nitrogen and oxygen atoms in total. The number of ether oxygens (including phenoxy) is 1. The summed E-state index contributed by atoms with van der Waals surface area (Å²) in [6, 6.07) is 10.2. The molecular formula is C20H20ClF3N2O2. The van der Waals surface area contributed by atoms with Crippen molar-refractivity contribution < 1.29 is 22.7 Å². The third-order valence-corrected chi connectivity index (χ3v) is 4.81. The van der Waals surface area contributed by atoms with E-state index in [9.17, 15) is 18.0 Å². The van der Waals surface area contributed by atoms with Gasteiger partial charge in [-0.1, -0.05) is 17.7 Å². The summed E-state index contributed by atoms with van der Waals surface area (Å²) in [4.78, 5) is 16.4. The molecule has 1 heterocycles. The second kappa shape index (κ2) is 9.30. The Morgan fingerprint density at radius 2 is 1.93 bits per heavy atom. The summed E-state index contributed by atoms with van der Waals surface area (Å²) in [6.07, 6.45) is 0.715. The van der Waals surface area contributed by atoms with E-state index < -0.39 is 12.4 Å². The standard InChI is InChI=1S/C20H20ClF3N2O2/c21-16-5-6-18(28-20(23)24)15(11-16)13-25-7-2-8-26(10-9-25)19(27)14-3-1-4-17(22)12-14/h1,3-6,11-12,20H,2,7-10,13H2. The Morgan fingerprint density at radius 1 is 1.11 bits per heavy atom. The van der Waals surface area contributed by atoms with Crippen LogP contribution in [0, 0.1) is 5.82 Å². The molecule has 2 aromatic rings. The van der Waals surface area contributed by atoms with Crippen molar-refractivity contribution in [1.29, 1.82) is 0 Å². The maximum absolute atomic E-state index is 13.4. The van der Waals surface area contributed by atoms with Crippen LogP contribution in [0.1, 0.15) is 22.3 Å². The molecule has 1 amide bonds. The van der Waals surface area contributed by atoms with E-state index in [1.807, 2.05) is 0 Å². The Bertz CT molecular complexity index is 835. The van der Waals surface area contributed by atoms with Crippen molar-refractivity contribution in [2.75, 3.05) is 26.2 Å². The number of amides is 1. The number of carbonyl (C=O) groups is 1. The molecule has 0 radical (unpaired) electrons. The van der Waals surface area contributed by atoms with E-state index in [4.69, 9.17) is 11.6 Å². The third-order valence-electron chi connectivity index (χ3n) is 4.58. The molecule has 1 fully saturated rings. The highest BCUT2D eigenvalue weighted by Crippen LogP contribution is 2.26. The van der Waals surface area contributed by atoms with Crippen molar-refractivity contribution in [1.82, 2.24) is 9.80 Å². The van der Waals surface area contributed by atoms with Gasteiger partial charge in [-0.2, -0.15) is 8.78 Å². The van der Waals surface area contributed by atoms with Gasteiger partial charge in [0.1, 0.15) is 11.6 Å². The zero-order valence-corrected chi connectivity index (χ0v) is 15.8. The van der Waals surface area contributed by atoms with Gasteiger partial charge in [-0.3, -0.25) is 9.69 Å². The number of halogens is 4. The van der Waals surface area contributed by atoms with Crippen LogP contribution in [-0.4, -0.2) is 48.5 Å². The minimum Gasteiger partial charge on any atom is -0.434 e. The molecule has 0 atom stereocenters. The molecule has 0 spiro atoms. The quantitative estimate of drug-likeness (QED) is 0.728. The minimum atomic E-state index is -2.91. The van der Waals surface area contributed by atoms with Gasteiger partial charge in [-0.15, -0.1) is 0 Å². The van der Waals surface area contributed by atoms with Crippen LogP contribution in [0.3, 0.4) is 0 Å². The van der Waals surface area contributed by atoms with Crippen LogP contribution < -0.4 is 4.74 Å². The Hall–Kier alpha value is -2.25. The highest BCUT2D eigenvalue weighted by molar-refractivity contribution is 6.30. The first-order valence-electron chi connectivity index (χ1n) is 8.93. The van der Waals surface area contributed by atoms with Gasteiger partial charge >= 0.3 is 6.61 Å². The highest BCUT2D eigenvalue weighted by atomic mass is 35.5. The lowest BCUT2D eigenvalue weighted by molar-refractivity contribution is -0.0507. The van der Waals surface area contributed by atoms with Crippen molar-refractivity contribution in [2.24, 2.45) is 0 Å². The summed E-state index contributed by atoms with van der Waals surface area (Å²) in [6.45, 7) is -0.286. The molecule has 3 rings (SSSR count). The van der Waals surface area contributed by atoms with Crippen molar-refractivity contribution in [3.05, 3.63) is 64.4 Å². The molecule has 0 N–H and O–H groups in total. The summed E-state index contributed by atoms with van der Waals surface area (Å²) >= 11 is 6.00. The van der Waals surface area contributed by atoms with Crippen molar-refractivity contribution >= 4 is 17.5 Å². The molecule has 8 heteroatoms. The first-order valence-corrected chi connectivity index (χ1v) is 9.30. The smallest absolute Gasteiger partial charge is 0.387 e. The molecule has 150 valence electrons. The maximum Gasteiger partial charge on any atom is 0.387 e. The van der Waals surface area contributed by atoms with Crippen LogP contribution in [0.2, 0.25) is 5.02 Å². The predicted octanol–water partition coefficient (Wildman–Crippen LogP) is 4.43. The topological polar surface area (TPSA) is 32.8 Å². The minimum absolute atomic E-state index is 0.0938. The molecule has 0 unspecified atom stereocenters. The lowest BCUT2D eigenvalue weighted by Crippen LogP contribution is -2.35. The van der Waals surface area contributed by atoms with Gasteiger partial charge in [-0.05, 0) is 42.8 Å². The predicted molar refractivity (Wildman–Crippen MR) is 100 cm³/mol. The second-order valence-electron chi connectivity index (χ2n) is 6.56. The Labute approximate surface area is 166 Å². The van der Waals surface area contributed by atoms with E-state index in [1.54, 1.807) is 17.0 Å². The molecule has 1 aliphatic rings. The summed E-state index contributed by atoms with van der Waals surface area (Å²) < 4.78 is 43.2. The van der Waals surface area contributed by atoms with Gasteiger partial charge in [0.25, 0.3) is 5.91 Å². The summed E-state index contributed by atoms with van der Waals surface area (Å²) in [5.41, 5.74) is 0.883. The summed E-state index contributed by atoms with van der Waals surface area (Å²) in [5, 5.41) is 0.439. The molecule has 0 aromatic heterocycles. The number of carbonyl (C=O) groups excluding carboxylic acids is 1. The lowest BCUT2D eigenvalue weighted by Gasteiger charge is -2.23. The Kier molecular flexibility index (Phi) is 6.80. The van der Waals surface area contributed by atoms with Crippen LogP contribution in [0.5, 0.6) is 5.75 Å². The number of rotatable bonds is 5. The van der Waals surface area contributed by atoms with Gasteiger partial charge < -0.3 is 9.64 Å². The van der Waals surface area contributed by atoms with Crippen LogP contribution in [0.15, 0.2) is 42.5 Å². The van der Waals surface area contributed by atoms with E-state index in [1.165, 1.54) is 30.3 Å². The van der Waals surface area contributed by atoms with Gasteiger partial charge in [0.2, 0.25) is 0 Å². The summed E-state index contributed by atoms with van der Waals surface area (Å²) in [5.74, 6) is -0.572. The van der Waals surface area contributed by atoms with Gasteiger partial charge in [0.05, 0.1) is 0 Å². The van der Waals surface area contributed by atoms with E-state index in [2.05, 4.69) is 9.64 Å². The third kappa shape index (κ3) is 5.39. The van der Waals surface area contributed by atoms with Crippen LogP contribution in [-0.2, 0) is 6.54 Å². The molecule has 2 aromatic carbocycles. The molecule has 0 bridgehead atoms. The number of alkyl halides is 2. The average molecular weight is 413 g/mol. The largest absolute Gasteiger partial charge is 0.434 e. The highest BCUT2D eigenvalue weighted by Gasteiger charge is 2.22. The van der Waals surface area contributed by atoms with Crippen LogP contribution in [0.25, 0.3) is 0 Å². The lowest BCUT2D eigenvalue weighted by atomic mass is 10.2. The van der Waals surface area contributed by atoms with Crippen LogP contribution >= 0.6 is 11.6 Å². The first-order chi connectivity index (χ1) is 13.4. The first kappa shape index (κ1) is 20.5. The summed E-state index contributed by atoms with van der Waals surface area (Å²) in [7, 11) is 0. The molecular weight excluding hydrogens is 393 g/mol. The number of hydrogen-bond donors (Lipinski definition) is 0. The van der Waals surface area contributed by atoms with E-state index in [0.717, 1.165) is 0 Å². The fourth-order valence-corrected chi connectivity index (χ4v) is 3.45. The fraction of sp³-hybridized carbons (Fsp3) is 0.350. The van der Waals surface area contributed by atoms with E-state index in [-0.39, 0.29) is 11.7 Å². The van der Waals surface area contributed by atoms with E-state index in [0.29, 0.717) is 55.3 Å². The van der Waals surface area contributed by atoms with Crippen molar-refractivity contribution in [3.8, 4) is 5.75 Å². The van der Waals surface area contributed by atoms with Crippen molar-refractivity contribution in [3.63, 3.8) is 0 Å². The zero-order chi connectivity index (χ0) is 20.1. The molecule has 28 heavy (non-hydrogen) atoms. The molecule has 0 saturated carbocycles. The molecule has 1 aliphatic heterocycles. The second-order valence-corrected chi connectivity index (χ2v) is 7.00. The monoisotopic (exact) mass is 412 g/mol. The number of hydrogen-bond acceptors (Lipinski definition) is 3. The van der Waals surface area contributed by atoms with Gasteiger partial charge in [0.15, 0.2) is 0 Å². The molecule has 1 saturated heterocycles. The van der Waals surface area contributed by atoms with Crippen molar-refractivity contribution in [2.45, 2.75) is 19.6 Å². The Morgan fingerprint density at radius 3 is 2.68 bits per heavy atom. The fourth-order valence-electron chi connectivity index (χ4n) is 3.26. The number of benzene rings is 2. The average Bonchev–Trinajstić information content (AvgIpc) is 2.89. The van der Waals surface area contributed by atoms with Gasteiger partial charge in [-0.25, -0.2) is 4.39 Å². The SMILES string of the molecule is O=C(c1cccc(F)c1)N1CCCN(Cc2cc(Cl)ccc2OC(F)F)CC1. The Balaban J connectivity index is 1.66. The van der Waals surface area contributed by atoms with E-state index >= 15 is 0 Å². The normalized spacial score (nSPS) is 15.5. The maximum atomic E-state index is 13.4. The molecule has 0 aliphatic carbocycles. The number of nitrogens with zero attached hydrogens (tertiary/aromatic N) is 2. The van der Waals surface area contributed by atoms with Crippen LogP contribution in [0.4, 0.5) is 13.2 Å². The zero-order valence-electron chi connectivity index (χ0n) is 15.1. The van der Waals surface area contributed by atoms with Gasteiger partial charge in [0, 0.05) is 48.9 Å².